The summed E-state index contributed by atoms with van der Waals surface area (Å²) in [5.74, 6) is 1.68. The molecule has 18 heavy (non-hydrogen) atoms. The van der Waals surface area contributed by atoms with Gasteiger partial charge in [-0.05, 0) is 28.5 Å². The van der Waals surface area contributed by atoms with Crippen molar-refractivity contribution in [1.82, 2.24) is 0 Å². The molecular weight excluding hydrogens is 226 g/mol. The number of ether oxygens (including phenoxy) is 1. The molecule has 0 saturated heterocycles. The van der Waals surface area contributed by atoms with Gasteiger partial charge in [-0.1, -0.05) is 39.8 Å². The van der Waals surface area contributed by atoms with Crippen LogP contribution in [0.1, 0.15) is 62.3 Å². The summed E-state index contributed by atoms with van der Waals surface area (Å²) in [6.45, 7) is 8.50. The Hall–Kier alpha value is -1.06. The minimum Gasteiger partial charge on any atom is -0.496 e. The van der Waals surface area contributed by atoms with Gasteiger partial charge in [-0.2, -0.15) is 0 Å². The zero-order chi connectivity index (χ0) is 13.9. The Balaban J connectivity index is 3.43. The summed E-state index contributed by atoms with van der Waals surface area (Å²) < 4.78 is 5.56. The van der Waals surface area contributed by atoms with E-state index in [0.29, 0.717) is 11.8 Å². The maximum absolute atomic E-state index is 9.22. The van der Waals surface area contributed by atoms with Crippen molar-refractivity contribution in [3.8, 4) is 5.75 Å². The smallest absolute Gasteiger partial charge is 0.125 e. The standard InChI is InChI=1S/C15H25NO2/c1-9(2)12-6-11(14(16)8-17)7-13(10(3)4)15(12)18-5/h6-7,9-10,14,17H,8,16H2,1-5H3. The third kappa shape index (κ3) is 3.03. The van der Waals surface area contributed by atoms with E-state index in [1.807, 2.05) is 0 Å². The largest absolute Gasteiger partial charge is 0.496 e. The maximum atomic E-state index is 9.22. The second kappa shape index (κ2) is 6.21. The highest BCUT2D eigenvalue weighted by atomic mass is 16.5. The van der Waals surface area contributed by atoms with Gasteiger partial charge < -0.3 is 15.6 Å². The summed E-state index contributed by atoms with van der Waals surface area (Å²) in [4.78, 5) is 0. The summed E-state index contributed by atoms with van der Waals surface area (Å²) in [7, 11) is 1.71. The molecule has 1 aromatic carbocycles. The fourth-order valence-electron chi connectivity index (χ4n) is 2.11. The Morgan fingerprint density at radius 1 is 1.11 bits per heavy atom. The Kier molecular flexibility index (Phi) is 5.17. The van der Waals surface area contributed by atoms with Gasteiger partial charge in [0, 0.05) is 0 Å². The molecule has 1 atom stereocenters. The third-order valence-electron chi connectivity index (χ3n) is 3.24. The van der Waals surface area contributed by atoms with Gasteiger partial charge in [0.2, 0.25) is 0 Å². The molecule has 1 unspecified atom stereocenters. The molecule has 3 N–H and O–H groups in total. The average Bonchev–Trinajstić information content (AvgIpc) is 2.35. The molecule has 0 bridgehead atoms. The second-order valence-corrected chi connectivity index (χ2v) is 5.33. The number of nitrogens with two attached hydrogens (primary N) is 1. The number of aliphatic hydroxyl groups excluding tert-OH is 1. The Labute approximate surface area is 110 Å². The highest BCUT2D eigenvalue weighted by Crippen LogP contribution is 2.36. The van der Waals surface area contributed by atoms with Crippen LogP contribution in [0, 0.1) is 0 Å². The molecular formula is C15H25NO2. The zero-order valence-electron chi connectivity index (χ0n) is 12.0. The van der Waals surface area contributed by atoms with Crippen LogP contribution in [0.2, 0.25) is 0 Å². The van der Waals surface area contributed by atoms with Crippen molar-refractivity contribution in [1.29, 1.82) is 0 Å². The van der Waals surface area contributed by atoms with Gasteiger partial charge in [-0.15, -0.1) is 0 Å². The monoisotopic (exact) mass is 251 g/mol. The highest BCUT2D eigenvalue weighted by Gasteiger charge is 2.18. The fourth-order valence-corrected chi connectivity index (χ4v) is 2.11. The number of aliphatic hydroxyl groups is 1. The van der Waals surface area contributed by atoms with E-state index in [9.17, 15) is 5.11 Å². The van der Waals surface area contributed by atoms with Crippen molar-refractivity contribution in [2.24, 2.45) is 5.73 Å². The van der Waals surface area contributed by atoms with E-state index in [1.54, 1.807) is 7.11 Å². The first-order chi connectivity index (χ1) is 8.42. The summed E-state index contributed by atoms with van der Waals surface area (Å²) in [5.41, 5.74) is 9.22. The summed E-state index contributed by atoms with van der Waals surface area (Å²) in [6.07, 6.45) is 0. The Morgan fingerprint density at radius 2 is 1.56 bits per heavy atom. The van der Waals surface area contributed by atoms with E-state index >= 15 is 0 Å². The van der Waals surface area contributed by atoms with Gasteiger partial charge in [0.05, 0.1) is 19.8 Å². The predicted molar refractivity (Wildman–Crippen MR) is 75.2 cm³/mol. The van der Waals surface area contributed by atoms with Crippen LogP contribution in [0.3, 0.4) is 0 Å². The second-order valence-electron chi connectivity index (χ2n) is 5.33. The minimum absolute atomic E-state index is 0.0403. The lowest BCUT2D eigenvalue weighted by Gasteiger charge is -2.21. The first kappa shape index (κ1) is 15.0. The van der Waals surface area contributed by atoms with Crippen molar-refractivity contribution in [3.63, 3.8) is 0 Å². The van der Waals surface area contributed by atoms with Gasteiger partial charge in [0.25, 0.3) is 0 Å². The van der Waals surface area contributed by atoms with Crippen LogP contribution in [-0.4, -0.2) is 18.8 Å². The number of rotatable bonds is 5. The number of methoxy groups -OCH3 is 1. The molecule has 0 aliphatic rings. The van der Waals surface area contributed by atoms with Crippen LogP contribution in [0.15, 0.2) is 12.1 Å². The maximum Gasteiger partial charge on any atom is 0.125 e. The Morgan fingerprint density at radius 3 is 1.83 bits per heavy atom. The van der Waals surface area contributed by atoms with Crippen molar-refractivity contribution < 1.29 is 9.84 Å². The fraction of sp³-hybridized carbons (Fsp3) is 0.600. The normalized spacial score (nSPS) is 13.2. The summed E-state index contributed by atoms with van der Waals surface area (Å²) in [6, 6.07) is 3.78. The molecule has 0 saturated carbocycles. The SMILES string of the molecule is COc1c(C(C)C)cc(C(N)CO)cc1C(C)C. The number of benzene rings is 1. The van der Waals surface area contributed by atoms with Gasteiger partial charge in [-0.3, -0.25) is 0 Å². The van der Waals surface area contributed by atoms with Gasteiger partial charge in [0.1, 0.15) is 5.75 Å². The van der Waals surface area contributed by atoms with E-state index in [-0.39, 0.29) is 12.6 Å². The third-order valence-corrected chi connectivity index (χ3v) is 3.24. The predicted octanol–water partition coefficient (Wildman–Crippen LogP) is 2.93. The van der Waals surface area contributed by atoms with Gasteiger partial charge in [-0.25, -0.2) is 0 Å². The molecule has 0 heterocycles. The molecule has 0 radical (unpaired) electrons. The number of hydrogen-bond acceptors (Lipinski definition) is 3. The van der Waals surface area contributed by atoms with Crippen molar-refractivity contribution in [3.05, 3.63) is 28.8 Å². The molecule has 0 spiro atoms. The molecule has 0 aromatic heterocycles. The van der Waals surface area contributed by atoms with Crippen LogP contribution in [0.25, 0.3) is 0 Å². The highest BCUT2D eigenvalue weighted by molar-refractivity contribution is 5.48. The van der Waals surface area contributed by atoms with Crippen LogP contribution < -0.4 is 10.5 Å². The molecule has 0 amide bonds. The van der Waals surface area contributed by atoms with Crippen LogP contribution >= 0.6 is 0 Å². The van der Waals surface area contributed by atoms with Crippen molar-refractivity contribution in [2.75, 3.05) is 13.7 Å². The lowest BCUT2D eigenvalue weighted by Crippen LogP contribution is -2.16. The van der Waals surface area contributed by atoms with Crippen molar-refractivity contribution >= 4 is 0 Å². The van der Waals surface area contributed by atoms with Crippen LogP contribution in [-0.2, 0) is 0 Å². The molecule has 1 aromatic rings. The number of hydrogen-bond donors (Lipinski definition) is 2. The topological polar surface area (TPSA) is 55.5 Å². The molecule has 0 aliphatic heterocycles. The van der Waals surface area contributed by atoms with E-state index in [0.717, 1.165) is 22.4 Å². The van der Waals surface area contributed by atoms with E-state index < -0.39 is 0 Å². The lowest BCUT2D eigenvalue weighted by atomic mass is 9.89. The lowest BCUT2D eigenvalue weighted by molar-refractivity contribution is 0.267. The molecule has 3 heteroatoms. The molecule has 0 fully saturated rings. The Bertz CT molecular complexity index is 370. The summed E-state index contributed by atoms with van der Waals surface area (Å²) in [5, 5.41) is 9.22. The summed E-state index contributed by atoms with van der Waals surface area (Å²) >= 11 is 0. The average molecular weight is 251 g/mol. The first-order valence-electron chi connectivity index (χ1n) is 6.50. The molecule has 102 valence electrons. The van der Waals surface area contributed by atoms with Gasteiger partial charge >= 0.3 is 0 Å². The van der Waals surface area contributed by atoms with Gasteiger partial charge in [0.15, 0.2) is 0 Å². The van der Waals surface area contributed by atoms with Crippen LogP contribution in [0.4, 0.5) is 0 Å². The molecule has 3 nitrogen and oxygen atoms in total. The van der Waals surface area contributed by atoms with E-state index in [1.165, 1.54) is 0 Å². The minimum atomic E-state index is -0.328. The van der Waals surface area contributed by atoms with Crippen molar-refractivity contribution in [2.45, 2.75) is 45.6 Å². The quantitative estimate of drug-likeness (QED) is 0.846. The van der Waals surface area contributed by atoms with E-state index in [2.05, 4.69) is 39.8 Å². The zero-order valence-corrected chi connectivity index (χ0v) is 12.0. The van der Waals surface area contributed by atoms with Crippen LogP contribution in [0.5, 0.6) is 5.75 Å². The first-order valence-corrected chi connectivity index (χ1v) is 6.50. The van der Waals surface area contributed by atoms with E-state index in [4.69, 9.17) is 10.5 Å². The molecule has 0 aliphatic carbocycles. The molecule has 1 rings (SSSR count).